The predicted octanol–water partition coefficient (Wildman–Crippen LogP) is 0.913. The first-order valence-corrected chi connectivity index (χ1v) is 8.31. The van der Waals surface area contributed by atoms with Crippen molar-refractivity contribution in [2.45, 2.75) is 43.5 Å². The highest BCUT2D eigenvalue weighted by molar-refractivity contribution is 8.01. The number of aromatic amines is 1. The van der Waals surface area contributed by atoms with Crippen LogP contribution in [0.5, 0.6) is 0 Å². The Kier molecular flexibility index (Phi) is 3.93. The second-order valence-electron chi connectivity index (χ2n) is 5.70. The second-order valence-corrected chi connectivity index (χ2v) is 7.20. The molecule has 0 bridgehead atoms. The molecule has 2 amide bonds. The number of hydrogen-bond donors (Lipinski definition) is 2. The Morgan fingerprint density at radius 3 is 3.29 bits per heavy atom. The number of aromatic nitrogens is 2. The molecule has 21 heavy (non-hydrogen) atoms. The van der Waals surface area contributed by atoms with Gasteiger partial charge in [0.25, 0.3) is 0 Å². The highest BCUT2D eigenvalue weighted by Crippen LogP contribution is 2.47. The van der Waals surface area contributed by atoms with Gasteiger partial charge >= 0.3 is 0 Å². The molecule has 0 spiro atoms. The number of H-pyrrole nitrogens is 1. The first-order chi connectivity index (χ1) is 10.1. The van der Waals surface area contributed by atoms with E-state index >= 15 is 0 Å². The maximum Gasteiger partial charge on any atom is 0.243 e. The first-order valence-electron chi connectivity index (χ1n) is 7.32. The van der Waals surface area contributed by atoms with Gasteiger partial charge in [-0.05, 0) is 19.8 Å². The van der Waals surface area contributed by atoms with Gasteiger partial charge in [-0.3, -0.25) is 9.59 Å². The summed E-state index contributed by atoms with van der Waals surface area (Å²) in [5.74, 6) is 1.72. The highest BCUT2D eigenvalue weighted by atomic mass is 32.2. The third-order valence-electron chi connectivity index (χ3n) is 4.19. The minimum absolute atomic E-state index is 0.0269. The van der Waals surface area contributed by atoms with E-state index in [1.165, 1.54) is 0 Å². The smallest absolute Gasteiger partial charge is 0.243 e. The van der Waals surface area contributed by atoms with Crippen molar-refractivity contribution < 1.29 is 9.59 Å². The van der Waals surface area contributed by atoms with E-state index in [4.69, 9.17) is 0 Å². The summed E-state index contributed by atoms with van der Waals surface area (Å²) in [6, 6.07) is -0.307. The van der Waals surface area contributed by atoms with E-state index in [0.29, 0.717) is 18.7 Å². The van der Waals surface area contributed by atoms with Crippen LogP contribution in [0.15, 0.2) is 12.4 Å². The lowest BCUT2D eigenvalue weighted by Crippen LogP contribution is -2.50. The number of aryl methyl sites for hydroxylation is 1. The number of thioether (sulfide) groups is 1. The minimum atomic E-state index is -0.307. The van der Waals surface area contributed by atoms with Gasteiger partial charge in [-0.2, -0.15) is 0 Å². The van der Waals surface area contributed by atoms with E-state index in [-0.39, 0.29) is 22.7 Å². The fourth-order valence-corrected chi connectivity index (χ4v) is 4.47. The fourth-order valence-electron chi connectivity index (χ4n) is 3.03. The van der Waals surface area contributed by atoms with E-state index in [2.05, 4.69) is 22.2 Å². The van der Waals surface area contributed by atoms with Crippen LogP contribution in [0.1, 0.15) is 32.0 Å². The predicted molar refractivity (Wildman–Crippen MR) is 80.6 cm³/mol. The average Bonchev–Trinajstić information content (AvgIpc) is 3.14. The summed E-state index contributed by atoms with van der Waals surface area (Å²) >= 11 is 1.72. The van der Waals surface area contributed by atoms with E-state index in [0.717, 1.165) is 25.1 Å². The number of nitrogens with one attached hydrogen (secondary N) is 2. The number of nitrogens with zero attached hydrogens (tertiary/aromatic N) is 2. The van der Waals surface area contributed by atoms with E-state index in [9.17, 15) is 9.59 Å². The lowest BCUT2D eigenvalue weighted by atomic mass is 10.2. The quantitative estimate of drug-likeness (QED) is 0.793. The van der Waals surface area contributed by atoms with Crippen molar-refractivity contribution in [2.75, 3.05) is 12.3 Å². The molecule has 6 nitrogen and oxygen atoms in total. The van der Waals surface area contributed by atoms with Gasteiger partial charge in [0, 0.05) is 37.5 Å². The Bertz CT molecular complexity index is 533. The summed E-state index contributed by atoms with van der Waals surface area (Å²) in [4.78, 5) is 33.1. The molecule has 2 atom stereocenters. The number of hydrogen-bond acceptors (Lipinski definition) is 4. The van der Waals surface area contributed by atoms with Gasteiger partial charge < -0.3 is 15.2 Å². The van der Waals surface area contributed by atoms with Crippen LogP contribution in [0, 0.1) is 0 Å². The number of rotatable bonds is 5. The first kappa shape index (κ1) is 14.4. The standard InChI is InChI=1S/C14H20N4O2S/c1-14-5-4-12(19)18(14)10(9-21-14)13(20)17-6-2-3-11-15-7-8-16-11/h7-8,10H,2-6,9H2,1H3,(H,15,16)(H,17,20). The number of fused-ring (bicyclic) bond motifs is 1. The molecule has 1 aromatic rings. The molecule has 2 unspecified atom stereocenters. The van der Waals surface area contributed by atoms with Gasteiger partial charge in [-0.25, -0.2) is 4.98 Å². The SMILES string of the molecule is CC12CCC(=O)N1C(C(=O)NCCCc1ncc[nH]1)CS2. The van der Waals surface area contributed by atoms with Crippen LogP contribution in [0.3, 0.4) is 0 Å². The van der Waals surface area contributed by atoms with E-state index in [1.54, 1.807) is 29.1 Å². The van der Waals surface area contributed by atoms with Crippen LogP contribution < -0.4 is 5.32 Å². The molecule has 2 aliphatic rings. The Hall–Kier alpha value is -1.50. The van der Waals surface area contributed by atoms with Crippen LogP contribution >= 0.6 is 11.8 Å². The Morgan fingerprint density at radius 2 is 2.52 bits per heavy atom. The summed E-state index contributed by atoms with van der Waals surface area (Å²) in [6.07, 6.45) is 6.58. The zero-order valence-corrected chi connectivity index (χ0v) is 12.9. The maximum atomic E-state index is 12.3. The van der Waals surface area contributed by atoms with Crippen molar-refractivity contribution in [3.8, 4) is 0 Å². The van der Waals surface area contributed by atoms with Gasteiger partial charge in [0.2, 0.25) is 11.8 Å². The Labute approximate surface area is 128 Å². The van der Waals surface area contributed by atoms with Crippen LogP contribution in [0.2, 0.25) is 0 Å². The van der Waals surface area contributed by atoms with E-state index in [1.807, 2.05) is 0 Å². The molecule has 0 aromatic carbocycles. The van der Waals surface area contributed by atoms with Gasteiger partial charge in [0.05, 0.1) is 4.87 Å². The fraction of sp³-hybridized carbons (Fsp3) is 0.643. The second kappa shape index (κ2) is 5.71. The van der Waals surface area contributed by atoms with Gasteiger partial charge in [0.15, 0.2) is 0 Å². The molecular formula is C14H20N4O2S. The van der Waals surface area contributed by atoms with Crippen molar-refractivity contribution in [1.82, 2.24) is 20.2 Å². The number of amides is 2. The van der Waals surface area contributed by atoms with Gasteiger partial charge in [0.1, 0.15) is 11.9 Å². The molecule has 0 aliphatic carbocycles. The van der Waals surface area contributed by atoms with Gasteiger partial charge in [-0.1, -0.05) is 0 Å². The molecule has 1 aromatic heterocycles. The summed E-state index contributed by atoms with van der Waals surface area (Å²) in [5.41, 5.74) is 0. The molecule has 0 saturated carbocycles. The van der Waals surface area contributed by atoms with Crippen LogP contribution in [-0.2, 0) is 16.0 Å². The van der Waals surface area contributed by atoms with Crippen LogP contribution in [0.25, 0.3) is 0 Å². The van der Waals surface area contributed by atoms with Gasteiger partial charge in [-0.15, -0.1) is 11.8 Å². The summed E-state index contributed by atoms with van der Waals surface area (Å²) in [6.45, 7) is 2.67. The molecule has 3 rings (SSSR count). The molecule has 2 saturated heterocycles. The largest absolute Gasteiger partial charge is 0.354 e. The zero-order valence-electron chi connectivity index (χ0n) is 12.1. The van der Waals surface area contributed by atoms with E-state index < -0.39 is 0 Å². The average molecular weight is 308 g/mol. The molecule has 2 N–H and O–H groups in total. The van der Waals surface area contributed by atoms with Crippen molar-refractivity contribution in [1.29, 1.82) is 0 Å². The number of carbonyl (C=O) groups excluding carboxylic acids is 2. The van der Waals surface area contributed by atoms with Crippen LogP contribution in [-0.4, -0.2) is 49.9 Å². The normalized spacial score (nSPS) is 28.0. The van der Waals surface area contributed by atoms with Crippen molar-refractivity contribution >= 4 is 23.6 Å². The van der Waals surface area contributed by atoms with Crippen LogP contribution in [0.4, 0.5) is 0 Å². The van der Waals surface area contributed by atoms with Crippen molar-refractivity contribution in [3.05, 3.63) is 18.2 Å². The van der Waals surface area contributed by atoms with Crippen molar-refractivity contribution in [2.24, 2.45) is 0 Å². The Balaban J connectivity index is 1.48. The maximum absolute atomic E-state index is 12.3. The third kappa shape index (κ3) is 2.79. The monoisotopic (exact) mass is 308 g/mol. The number of carbonyl (C=O) groups is 2. The lowest BCUT2D eigenvalue weighted by molar-refractivity contribution is -0.137. The van der Waals surface area contributed by atoms with Crippen molar-refractivity contribution in [3.63, 3.8) is 0 Å². The highest BCUT2D eigenvalue weighted by Gasteiger charge is 2.52. The molecular weight excluding hydrogens is 288 g/mol. The number of imidazole rings is 1. The topological polar surface area (TPSA) is 78.1 Å². The zero-order chi connectivity index (χ0) is 14.9. The minimum Gasteiger partial charge on any atom is -0.354 e. The lowest BCUT2D eigenvalue weighted by Gasteiger charge is -2.29. The summed E-state index contributed by atoms with van der Waals surface area (Å²) in [7, 11) is 0. The molecule has 114 valence electrons. The molecule has 3 heterocycles. The molecule has 2 fully saturated rings. The Morgan fingerprint density at radius 1 is 1.67 bits per heavy atom. The molecule has 2 aliphatic heterocycles. The molecule has 0 radical (unpaired) electrons. The molecule has 7 heteroatoms. The third-order valence-corrected chi connectivity index (χ3v) is 5.70. The summed E-state index contributed by atoms with van der Waals surface area (Å²) < 4.78 is 0. The summed E-state index contributed by atoms with van der Waals surface area (Å²) in [5, 5.41) is 2.95.